The molecule has 3 atom stereocenters. The van der Waals surface area contributed by atoms with Crippen LogP contribution in [0.2, 0.25) is 0 Å². The number of likely N-dealkylation sites (N-methyl/N-ethyl adjacent to an activating group) is 1. The largest absolute Gasteiger partial charge is 0.472 e. The van der Waals surface area contributed by atoms with Gasteiger partial charge in [-0.05, 0) is 32.1 Å². The molecule has 1 amide bonds. The average Bonchev–Trinajstić information content (AvgIpc) is 3.23. The summed E-state index contributed by atoms with van der Waals surface area (Å²) in [5, 5.41) is 13.9. The Hall–Kier alpha value is -1.02. The third kappa shape index (κ3) is 47.0. The van der Waals surface area contributed by atoms with Gasteiger partial charge in [0.25, 0.3) is 0 Å². The van der Waals surface area contributed by atoms with Crippen molar-refractivity contribution in [1.82, 2.24) is 5.32 Å². The highest BCUT2D eigenvalue weighted by Gasteiger charge is 2.27. The molecular weight excluding hydrogens is 792 g/mol. The molecule has 3 unspecified atom stereocenters. The van der Waals surface area contributed by atoms with Crippen LogP contribution < -0.4 is 5.32 Å². The van der Waals surface area contributed by atoms with E-state index in [9.17, 15) is 19.4 Å². The summed E-state index contributed by atoms with van der Waals surface area (Å²) in [5.41, 5.74) is 0. The van der Waals surface area contributed by atoms with Crippen LogP contribution in [0.4, 0.5) is 0 Å². The molecule has 0 aliphatic carbocycles. The van der Waals surface area contributed by atoms with Crippen LogP contribution in [0.25, 0.3) is 0 Å². The van der Waals surface area contributed by atoms with Crippen molar-refractivity contribution in [3.63, 3.8) is 0 Å². The third-order valence-corrected chi connectivity index (χ3v) is 13.2. The van der Waals surface area contributed by atoms with E-state index in [1.165, 1.54) is 199 Å². The molecule has 0 aromatic carbocycles. The first kappa shape index (κ1) is 61.0. The minimum Gasteiger partial charge on any atom is -0.387 e. The molecule has 0 bridgehead atoms. The Kier molecular flexibility index (Phi) is 44.4. The summed E-state index contributed by atoms with van der Waals surface area (Å²) in [5.74, 6) is -0.182. The van der Waals surface area contributed by atoms with E-state index in [0.717, 1.165) is 38.5 Å². The lowest BCUT2D eigenvalue weighted by Crippen LogP contribution is -2.45. The standard InChI is InChI=1S/C53H105N2O6P/c1-6-8-10-12-14-16-18-20-22-23-24-25-26-27-28-29-30-31-32-33-35-37-39-41-43-45-47-53(57)54-51(50-61-62(58,59)60-49-48-55(3,4)5)52(56)46-44-42-40-38-36-34-21-19-17-15-13-11-9-7-2/h36,38,44,46,51-52,56H,6-35,37,39-43,45,47-50H2,1-5H3,(H-,54,57,58,59)/p+1/b38-36+,46-44+. The van der Waals surface area contributed by atoms with Gasteiger partial charge in [-0.25, -0.2) is 4.57 Å². The molecule has 368 valence electrons. The first-order valence-corrected chi connectivity index (χ1v) is 28.2. The number of nitrogens with zero attached hydrogens (tertiary/aromatic N) is 1. The van der Waals surface area contributed by atoms with E-state index >= 15 is 0 Å². The SMILES string of the molecule is CCCCCCCCCC/C=C/CC/C=C/C(O)C(COP(=O)(O)OCC[N+](C)(C)C)NC(=O)CCCCCCCCCCCCCCCCCCCCCCCCCCCC. The number of allylic oxidation sites excluding steroid dienone is 3. The number of quaternary nitrogens is 1. The Morgan fingerprint density at radius 2 is 0.887 bits per heavy atom. The van der Waals surface area contributed by atoms with Crippen molar-refractivity contribution in [1.29, 1.82) is 0 Å². The zero-order chi connectivity index (χ0) is 45.7. The van der Waals surface area contributed by atoms with Crippen LogP contribution in [0.3, 0.4) is 0 Å². The van der Waals surface area contributed by atoms with E-state index in [2.05, 4.69) is 31.3 Å². The molecular formula is C53H106N2O6P+. The van der Waals surface area contributed by atoms with E-state index < -0.39 is 20.0 Å². The summed E-state index contributed by atoms with van der Waals surface area (Å²) in [4.78, 5) is 23.2. The molecule has 9 heteroatoms. The molecule has 0 saturated carbocycles. The summed E-state index contributed by atoms with van der Waals surface area (Å²) in [6.45, 7) is 4.82. The molecule has 0 aromatic rings. The molecule has 0 fully saturated rings. The van der Waals surface area contributed by atoms with Crippen LogP contribution in [-0.4, -0.2) is 73.4 Å². The van der Waals surface area contributed by atoms with Gasteiger partial charge >= 0.3 is 7.82 Å². The molecule has 0 rings (SSSR count). The maximum atomic E-state index is 12.9. The second kappa shape index (κ2) is 45.1. The van der Waals surface area contributed by atoms with Crippen molar-refractivity contribution in [3.8, 4) is 0 Å². The molecule has 0 radical (unpaired) electrons. The van der Waals surface area contributed by atoms with Gasteiger partial charge in [0, 0.05) is 6.42 Å². The number of phosphoric ester groups is 1. The molecule has 62 heavy (non-hydrogen) atoms. The molecule has 0 aromatic heterocycles. The van der Waals surface area contributed by atoms with E-state index in [1.54, 1.807) is 6.08 Å². The minimum atomic E-state index is -4.35. The molecule has 0 heterocycles. The lowest BCUT2D eigenvalue weighted by Gasteiger charge is -2.25. The number of carbonyl (C=O) groups is 1. The van der Waals surface area contributed by atoms with Crippen molar-refractivity contribution in [2.24, 2.45) is 0 Å². The predicted molar refractivity (Wildman–Crippen MR) is 268 cm³/mol. The summed E-state index contributed by atoms with van der Waals surface area (Å²) in [6.07, 6.45) is 55.6. The molecule has 0 aliphatic rings. The van der Waals surface area contributed by atoms with Gasteiger partial charge in [-0.2, -0.15) is 0 Å². The van der Waals surface area contributed by atoms with Gasteiger partial charge in [-0.3, -0.25) is 13.8 Å². The number of carbonyl (C=O) groups excluding carboxylic acids is 1. The first-order valence-electron chi connectivity index (χ1n) is 26.7. The van der Waals surface area contributed by atoms with Gasteiger partial charge in [0.15, 0.2) is 0 Å². The summed E-state index contributed by atoms with van der Waals surface area (Å²) >= 11 is 0. The van der Waals surface area contributed by atoms with Crippen molar-refractivity contribution in [2.45, 2.75) is 270 Å². The van der Waals surface area contributed by atoms with Gasteiger partial charge in [-0.15, -0.1) is 0 Å². The van der Waals surface area contributed by atoms with Gasteiger partial charge in [0.1, 0.15) is 13.2 Å². The minimum absolute atomic E-state index is 0.0585. The Morgan fingerprint density at radius 3 is 1.29 bits per heavy atom. The normalized spacial score (nSPS) is 14.2. The fraction of sp³-hybridized carbons (Fsp3) is 0.906. The van der Waals surface area contributed by atoms with Crippen molar-refractivity contribution in [2.75, 3.05) is 40.9 Å². The van der Waals surface area contributed by atoms with E-state index in [-0.39, 0.29) is 19.1 Å². The molecule has 3 N–H and O–H groups in total. The fourth-order valence-electron chi connectivity index (χ4n) is 7.94. The topological polar surface area (TPSA) is 105 Å². The van der Waals surface area contributed by atoms with Crippen molar-refractivity contribution in [3.05, 3.63) is 24.3 Å². The summed E-state index contributed by atoms with van der Waals surface area (Å²) in [7, 11) is 1.56. The smallest absolute Gasteiger partial charge is 0.387 e. The number of unbranched alkanes of at least 4 members (excludes halogenated alkanes) is 34. The highest BCUT2D eigenvalue weighted by atomic mass is 31.2. The average molecular weight is 898 g/mol. The number of hydrogen-bond donors (Lipinski definition) is 3. The number of amides is 1. The van der Waals surface area contributed by atoms with Crippen LogP contribution in [0.5, 0.6) is 0 Å². The highest BCUT2D eigenvalue weighted by molar-refractivity contribution is 7.47. The van der Waals surface area contributed by atoms with Crippen LogP contribution in [0.15, 0.2) is 24.3 Å². The number of aliphatic hydroxyl groups is 1. The van der Waals surface area contributed by atoms with E-state index in [4.69, 9.17) is 9.05 Å². The second-order valence-corrected chi connectivity index (χ2v) is 21.1. The van der Waals surface area contributed by atoms with Crippen LogP contribution in [0, 0.1) is 0 Å². The number of hydrogen-bond acceptors (Lipinski definition) is 5. The van der Waals surface area contributed by atoms with Gasteiger partial charge in [-0.1, -0.05) is 244 Å². The van der Waals surface area contributed by atoms with Gasteiger partial charge in [0.2, 0.25) is 5.91 Å². The number of nitrogens with one attached hydrogen (secondary N) is 1. The highest BCUT2D eigenvalue weighted by Crippen LogP contribution is 2.43. The zero-order valence-corrected chi connectivity index (χ0v) is 42.8. The monoisotopic (exact) mass is 898 g/mol. The van der Waals surface area contributed by atoms with Gasteiger partial charge < -0.3 is 19.8 Å². The fourth-order valence-corrected chi connectivity index (χ4v) is 8.68. The zero-order valence-electron chi connectivity index (χ0n) is 41.9. The Morgan fingerprint density at radius 1 is 0.532 bits per heavy atom. The first-order chi connectivity index (χ1) is 30.0. The predicted octanol–water partition coefficient (Wildman–Crippen LogP) is 15.6. The maximum absolute atomic E-state index is 12.9. The van der Waals surface area contributed by atoms with E-state index in [1.807, 2.05) is 27.2 Å². The molecule has 0 spiro atoms. The Labute approximate surface area is 385 Å². The summed E-state index contributed by atoms with van der Waals surface area (Å²) in [6, 6.07) is -0.859. The van der Waals surface area contributed by atoms with Gasteiger partial charge in [0.05, 0.1) is 39.9 Å². The van der Waals surface area contributed by atoms with Crippen molar-refractivity contribution >= 4 is 13.7 Å². The second-order valence-electron chi connectivity index (χ2n) is 19.6. The Bertz CT molecular complexity index is 1060. The van der Waals surface area contributed by atoms with Crippen LogP contribution in [-0.2, 0) is 18.4 Å². The quantitative estimate of drug-likeness (QED) is 0.0243. The lowest BCUT2D eigenvalue weighted by atomic mass is 10.0. The number of rotatable bonds is 49. The maximum Gasteiger partial charge on any atom is 0.472 e. The van der Waals surface area contributed by atoms with Crippen LogP contribution >= 0.6 is 7.82 Å². The summed E-state index contributed by atoms with van der Waals surface area (Å²) < 4.78 is 23.6. The Balaban J connectivity index is 4.16. The lowest BCUT2D eigenvalue weighted by molar-refractivity contribution is -0.870. The molecule has 0 aliphatic heterocycles. The molecule has 0 saturated heterocycles. The third-order valence-electron chi connectivity index (χ3n) is 12.2. The van der Waals surface area contributed by atoms with E-state index in [0.29, 0.717) is 17.4 Å². The number of phosphoric acid groups is 1. The van der Waals surface area contributed by atoms with Crippen molar-refractivity contribution < 1.29 is 32.9 Å². The van der Waals surface area contributed by atoms with Crippen LogP contribution in [0.1, 0.15) is 258 Å². The molecule has 8 nitrogen and oxygen atoms in total. The number of aliphatic hydroxyl groups excluding tert-OH is 1.